The predicted octanol–water partition coefficient (Wildman–Crippen LogP) is 3.70. The van der Waals surface area contributed by atoms with E-state index < -0.39 is 0 Å². The molecule has 0 aliphatic carbocycles. The molecule has 2 aliphatic heterocycles. The number of nitrogens with one attached hydrogen (secondary N) is 1. The maximum atomic E-state index is 12.1. The molecule has 0 spiro atoms. The third kappa shape index (κ3) is 4.72. The SMILES string of the molecule is CC[N+]1(c2ccc(-c3ccnc(Nc4ccc(N5CCOCC5)cc4)n3)cc2)CCC[C@@H]1C(N)=O. The number of primary amides is 1. The first-order chi connectivity index (χ1) is 17.1. The van der Waals surface area contributed by atoms with Crippen molar-refractivity contribution < 1.29 is 9.53 Å². The Morgan fingerprint density at radius 1 is 1.11 bits per heavy atom. The van der Waals surface area contributed by atoms with Crippen LogP contribution in [0.4, 0.5) is 23.0 Å². The Morgan fingerprint density at radius 3 is 2.54 bits per heavy atom. The average molecular weight is 474 g/mol. The van der Waals surface area contributed by atoms with Crippen LogP contribution in [0.1, 0.15) is 19.8 Å². The first-order valence-corrected chi connectivity index (χ1v) is 12.4. The Labute approximate surface area is 206 Å². The molecule has 8 heteroatoms. The summed E-state index contributed by atoms with van der Waals surface area (Å²) in [6.07, 6.45) is 3.63. The molecule has 5 rings (SSSR count). The molecule has 2 aliphatic rings. The lowest BCUT2D eigenvalue weighted by atomic mass is 10.1. The third-order valence-electron chi connectivity index (χ3n) is 7.36. The summed E-state index contributed by atoms with van der Waals surface area (Å²) >= 11 is 0. The number of rotatable bonds is 7. The molecule has 2 atom stereocenters. The van der Waals surface area contributed by atoms with Crippen LogP contribution in [0, 0.1) is 0 Å². The fourth-order valence-corrected chi connectivity index (χ4v) is 5.44. The monoisotopic (exact) mass is 473 g/mol. The highest BCUT2D eigenvalue weighted by Crippen LogP contribution is 2.35. The fourth-order valence-electron chi connectivity index (χ4n) is 5.44. The number of morpholine rings is 1. The van der Waals surface area contributed by atoms with Crippen LogP contribution >= 0.6 is 0 Å². The van der Waals surface area contributed by atoms with Gasteiger partial charge in [0.15, 0.2) is 6.04 Å². The molecule has 35 heavy (non-hydrogen) atoms. The van der Waals surface area contributed by atoms with Crippen molar-refractivity contribution in [1.82, 2.24) is 14.5 Å². The average Bonchev–Trinajstić information content (AvgIpc) is 3.36. The lowest BCUT2D eigenvalue weighted by molar-refractivity contribution is -0.121. The zero-order valence-electron chi connectivity index (χ0n) is 20.2. The number of likely N-dealkylation sites (tertiary alicyclic amines) is 1. The van der Waals surface area contributed by atoms with Gasteiger partial charge in [-0.25, -0.2) is 9.97 Å². The van der Waals surface area contributed by atoms with Crippen LogP contribution in [-0.4, -0.2) is 61.3 Å². The van der Waals surface area contributed by atoms with Crippen LogP contribution in [-0.2, 0) is 9.53 Å². The van der Waals surface area contributed by atoms with Crippen LogP contribution in [0.25, 0.3) is 11.3 Å². The Bertz CT molecular complexity index is 1160. The number of carbonyl (C=O) groups is 1. The molecule has 3 heterocycles. The highest BCUT2D eigenvalue weighted by molar-refractivity contribution is 5.83. The number of likely N-dealkylation sites (N-methyl/N-ethyl adjacent to an activating group) is 1. The van der Waals surface area contributed by atoms with Gasteiger partial charge in [0.2, 0.25) is 5.95 Å². The number of quaternary nitrogens is 1. The quantitative estimate of drug-likeness (QED) is 0.509. The summed E-state index contributed by atoms with van der Waals surface area (Å²) in [6.45, 7) is 7.28. The van der Waals surface area contributed by atoms with E-state index in [1.54, 1.807) is 6.20 Å². The van der Waals surface area contributed by atoms with Crippen molar-refractivity contribution in [3.8, 4) is 11.3 Å². The highest BCUT2D eigenvalue weighted by Gasteiger charge is 2.45. The molecule has 2 aromatic carbocycles. The number of carbonyl (C=O) groups excluding carboxylic acids is 1. The molecule has 3 N–H and O–H groups in total. The van der Waals surface area contributed by atoms with Gasteiger partial charge in [-0.1, -0.05) is 0 Å². The van der Waals surface area contributed by atoms with Crippen molar-refractivity contribution in [2.45, 2.75) is 25.8 Å². The van der Waals surface area contributed by atoms with Gasteiger partial charge < -0.3 is 20.7 Å². The predicted molar refractivity (Wildman–Crippen MR) is 140 cm³/mol. The topological polar surface area (TPSA) is 93.4 Å². The third-order valence-corrected chi connectivity index (χ3v) is 7.36. The first-order valence-electron chi connectivity index (χ1n) is 12.4. The number of aromatic nitrogens is 2. The first kappa shape index (κ1) is 23.3. The van der Waals surface area contributed by atoms with Crippen LogP contribution in [0.2, 0.25) is 0 Å². The number of ether oxygens (including phenoxy) is 1. The van der Waals surface area contributed by atoms with E-state index in [4.69, 9.17) is 15.5 Å². The fraction of sp³-hybridized carbons (Fsp3) is 0.370. The van der Waals surface area contributed by atoms with Crippen LogP contribution in [0.3, 0.4) is 0 Å². The number of hydrogen-bond donors (Lipinski definition) is 2. The minimum Gasteiger partial charge on any atom is -0.378 e. The van der Waals surface area contributed by atoms with E-state index in [0.29, 0.717) is 10.4 Å². The number of amides is 1. The number of benzene rings is 2. The van der Waals surface area contributed by atoms with Gasteiger partial charge in [0.05, 0.1) is 32.0 Å². The summed E-state index contributed by atoms with van der Waals surface area (Å²) < 4.78 is 6.07. The standard InChI is InChI=1S/C27H32N6O2/c1-2-33(17-3-4-25(33)26(28)34)23-11-5-20(6-12-23)24-13-14-29-27(31-24)30-21-7-9-22(10-8-21)32-15-18-35-19-16-32/h5-14,25H,2-4,15-19H2,1H3,(H2-,28,29,30,31,34)/p+1/t25-,33?/m1/s1. The van der Waals surface area contributed by atoms with Gasteiger partial charge in [0.25, 0.3) is 5.91 Å². The van der Waals surface area contributed by atoms with E-state index in [2.05, 4.69) is 70.7 Å². The Kier molecular flexibility index (Phi) is 6.66. The highest BCUT2D eigenvalue weighted by atomic mass is 16.5. The van der Waals surface area contributed by atoms with E-state index in [1.807, 2.05) is 6.07 Å². The molecule has 0 radical (unpaired) electrons. The van der Waals surface area contributed by atoms with Crippen LogP contribution in [0.5, 0.6) is 0 Å². The van der Waals surface area contributed by atoms with Crippen LogP contribution < -0.4 is 20.4 Å². The maximum Gasteiger partial charge on any atom is 0.276 e. The van der Waals surface area contributed by atoms with E-state index in [9.17, 15) is 4.79 Å². The van der Waals surface area contributed by atoms with Crippen molar-refractivity contribution in [3.05, 3.63) is 60.8 Å². The largest absolute Gasteiger partial charge is 0.378 e. The molecule has 1 amide bonds. The molecule has 1 aromatic heterocycles. The molecule has 1 unspecified atom stereocenters. The second-order valence-corrected chi connectivity index (χ2v) is 9.22. The van der Waals surface area contributed by atoms with Crippen LogP contribution in [0.15, 0.2) is 60.8 Å². The van der Waals surface area contributed by atoms with Crippen molar-refractivity contribution in [2.24, 2.45) is 5.73 Å². The second-order valence-electron chi connectivity index (χ2n) is 9.22. The second kappa shape index (κ2) is 10.0. The van der Waals surface area contributed by atoms with Crippen molar-refractivity contribution in [3.63, 3.8) is 0 Å². The van der Waals surface area contributed by atoms with Gasteiger partial charge in [0, 0.05) is 49.1 Å². The van der Waals surface area contributed by atoms with Crippen molar-refractivity contribution >= 4 is 28.9 Å². The Morgan fingerprint density at radius 2 is 1.86 bits per heavy atom. The molecular weight excluding hydrogens is 440 g/mol. The van der Waals surface area contributed by atoms with Gasteiger partial charge in [-0.3, -0.25) is 9.28 Å². The molecule has 182 valence electrons. The smallest absolute Gasteiger partial charge is 0.276 e. The lowest BCUT2D eigenvalue weighted by Crippen LogP contribution is -2.57. The number of nitrogens with zero attached hydrogens (tertiary/aromatic N) is 4. The molecule has 0 bridgehead atoms. The number of hydrogen-bond acceptors (Lipinski definition) is 6. The Balaban J connectivity index is 1.31. The van der Waals surface area contributed by atoms with E-state index in [-0.39, 0.29) is 11.9 Å². The minimum absolute atomic E-state index is 0.157. The van der Waals surface area contributed by atoms with E-state index in [1.165, 1.54) is 5.69 Å². The van der Waals surface area contributed by atoms with Gasteiger partial charge in [-0.2, -0.15) is 0 Å². The molecular formula is C27H33N6O2+. The van der Waals surface area contributed by atoms with Gasteiger partial charge in [-0.05, 0) is 61.5 Å². The zero-order chi connectivity index (χ0) is 24.3. The molecule has 8 nitrogen and oxygen atoms in total. The van der Waals surface area contributed by atoms with E-state index >= 15 is 0 Å². The van der Waals surface area contributed by atoms with Crippen molar-refractivity contribution in [2.75, 3.05) is 49.6 Å². The van der Waals surface area contributed by atoms with E-state index in [0.717, 1.165) is 74.9 Å². The van der Waals surface area contributed by atoms with Gasteiger partial charge in [0.1, 0.15) is 5.69 Å². The molecule has 2 fully saturated rings. The van der Waals surface area contributed by atoms with Gasteiger partial charge in [-0.15, -0.1) is 0 Å². The maximum absolute atomic E-state index is 12.1. The summed E-state index contributed by atoms with van der Waals surface area (Å²) in [4.78, 5) is 23.6. The Hall–Kier alpha value is -3.49. The normalized spacial score (nSPS) is 22.2. The summed E-state index contributed by atoms with van der Waals surface area (Å²) in [5.41, 5.74) is 10.9. The summed E-state index contributed by atoms with van der Waals surface area (Å²) in [5.74, 6) is 0.342. The summed E-state index contributed by atoms with van der Waals surface area (Å²) in [7, 11) is 0. The molecule has 0 saturated carbocycles. The number of nitrogens with two attached hydrogens (primary N) is 1. The summed E-state index contributed by atoms with van der Waals surface area (Å²) in [6, 6.07) is 18.4. The molecule has 2 saturated heterocycles. The van der Waals surface area contributed by atoms with Crippen molar-refractivity contribution in [1.29, 1.82) is 0 Å². The minimum atomic E-state index is -0.210. The van der Waals surface area contributed by atoms with Gasteiger partial charge >= 0.3 is 0 Å². The zero-order valence-corrected chi connectivity index (χ0v) is 20.2. The summed E-state index contributed by atoms with van der Waals surface area (Å²) in [5, 5.41) is 3.31. The molecule has 3 aromatic rings. The lowest BCUT2D eigenvalue weighted by Gasteiger charge is -2.37. The number of anilines is 3.